The van der Waals surface area contributed by atoms with Gasteiger partial charge in [-0.25, -0.2) is 0 Å². The van der Waals surface area contributed by atoms with Crippen LogP contribution in [0.2, 0.25) is 0 Å². The molecule has 6 rings (SSSR count). The SMILES string of the molecule is CC1C(C)C2C3CC(C12)C1C2CC(C4C(C)C(C)C24)C31. The first kappa shape index (κ1) is 11.6. The molecule has 0 aliphatic heterocycles. The lowest BCUT2D eigenvalue weighted by atomic mass is 9.43. The molecular formula is C20H30. The van der Waals surface area contributed by atoms with E-state index in [1.165, 1.54) is 59.2 Å². The third kappa shape index (κ3) is 0.901. The Morgan fingerprint density at radius 2 is 0.650 bits per heavy atom. The first-order chi connectivity index (χ1) is 9.61. The predicted molar refractivity (Wildman–Crippen MR) is 80.8 cm³/mol. The zero-order valence-corrected chi connectivity index (χ0v) is 13.5. The second-order valence-corrected chi connectivity index (χ2v) is 10.0. The second kappa shape index (κ2) is 3.18. The molecule has 0 nitrogen and oxygen atoms in total. The summed E-state index contributed by atoms with van der Waals surface area (Å²) in [5.74, 6) is 16.0. The van der Waals surface area contributed by atoms with Gasteiger partial charge in [0.15, 0.2) is 0 Å². The summed E-state index contributed by atoms with van der Waals surface area (Å²) < 4.78 is 0. The Morgan fingerprint density at radius 1 is 0.400 bits per heavy atom. The van der Waals surface area contributed by atoms with Gasteiger partial charge in [0.05, 0.1) is 0 Å². The lowest BCUT2D eigenvalue weighted by Crippen LogP contribution is -2.58. The Hall–Kier alpha value is 0. The fourth-order valence-corrected chi connectivity index (χ4v) is 9.90. The highest BCUT2D eigenvalue weighted by Crippen LogP contribution is 2.81. The summed E-state index contributed by atoms with van der Waals surface area (Å²) in [5.41, 5.74) is 0. The first-order valence-corrected chi connectivity index (χ1v) is 9.61. The minimum absolute atomic E-state index is 1.06. The quantitative estimate of drug-likeness (QED) is 0.566. The largest absolute Gasteiger partial charge is 0.0620 e. The highest BCUT2D eigenvalue weighted by Gasteiger charge is 2.76. The maximum Gasteiger partial charge on any atom is -0.0318 e. The smallest absolute Gasteiger partial charge is 0.0318 e. The van der Waals surface area contributed by atoms with Crippen LogP contribution in [-0.2, 0) is 0 Å². The third-order valence-electron chi connectivity index (χ3n) is 10.5. The lowest BCUT2D eigenvalue weighted by molar-refractivity contribution is -0.150. The molecule has 4 bridgehead atoms. The van der Waals surface area contributed by atoms with Crippen molar-refractivity contribution in [1.29, 1.82) is 0 Å². The molecule has 0 aromatic carbocycles. The van der Waals surface area contributed by atoms with Crippen molar-refractivity contribution in [3.05, 3.63) is 0 Å². The van der Waals surface area contributed by atoms with Crippen LogP contribution in [0, 0.1) is 82.9 Å². The number of rotatable bonds is 0. The summed E-state index contributed by atoms with van der Waals surface area (Å²) in [7, 11) is 0. The Labute approximate surface area is 124 Å². The Morgan fingerprint density at radius 3 is 0.900 bits per heavy atom. The van der Waals surface area contributed by atoms with Gasteiger partial charge in [-0.15, -0.1) is 0 Å². The van der Waals surface area contributed by atoms with E-state index in [1.807, 2.05) is 0 Å². The summed E-state index contributed by atoms with van der Waals surface area (Å²) in [5, 5.41) is 0. The molecule has 6 fully saturated rings. The first-order valence-electron chi connectivity index (χ1n) is 9.61. The van der Waals surface area contributed by atoms with Crippen molar-refractivity contribution in [1.82, 2.24) is 0 Å². The van der Waals surface area contributed by atoms with Crippen LogP contribution in [0.5, 0.6) is 0 Å². The van der Waals surface area contributed by atoms with Crippen LogP contribution in [0.15, 0.2) is 0 Å². The molecule has 0 aromatic rings. The van der Waals surface area contributed by atoms with Gasteiger partial charge >= 0.3 is 0 Å². The summed E-state index contributed by atoms with van der Waals surface area (Å²) in [6, 6.07) is 0. The normalized spacial score (nSPS) is 78.6. The Balaban J connectivity index is 1.40. The van der Waals surface area contributed by atoms with Gasteiger partial charge in [-0.3, -0.25) is 0 Å². The van der Waals surface area contributed by atoms with Gasteiger partial charge in [-0.1, -0.05) is 27.7 Å². The molecule has 0 spiro atoms. The molecule has 12 unspecified atom stereocenters. The molecule has 0 aromatic heterocycles. The van der Waals surface area contributed by atoms with E-state index in [-0.39, 0.29) is 0 Å². The van der Waals surface area contributed by atoms with Crippen LogP contribution in [0.3, 0.4) is 0 Å². The Kier molecular flexibility index (Phi) is 1.84. The van der Waals surface area contributed by atoms with E-state index in [0.29, 0.717) is 0 Å². The molecule has 6 aliphatic carbocycles. The van der Waals surface area contributed by atoms with Crippen LogP contribution in [0.25, 0.3) is 0 Å². The summed E-state index contributed by atoms with van der Waals surface area (Å²) in [4.78, 5) is 0. The standard InChI is InChI=1S/C20H30/c1-7-8(2)16-12-5-11(15(7)16)19-13-6-14(20(12)19)18-10(4)9(3)17(13)18/h7-20H,5-6H2,1-4H3. The van der Waals surface area contributed by atoms with Crippen molar-refractivity contribution in [3.63, 3.8) is 0 Å². The molecule has 12 atom stereocenters. The summed E-state index contributed by atoms with van der Waals surface area (Å²) in [6.45, 7) is 10.3. The molecule has 0 radical (unpaired) electrons. The topological polar surface area (TPSA) is 0 Å². The van der Waals surface area contributed by atoms with Gasteiger partial charge in [-0.05, 0) is 95.7 Å². The molecule has 20 heavy (non-hydrogen) atoms. The van der Waals surface area contributed by atoms with Crippen LogP contribution in [-0.4, -0.2) is 0 Å². The molecule has 0 heterocycles. The average Bonchev–Trinajstić information content (AvgIpc) is 3.17. The van der Waals surface area contributed by atoms with Gasteiger partial charge in [0.25, 0.3) is 0 Å². The van der Waals surface area contributed by atoms with Gasteiger partial charge in [-0.2, -0.15) is 0 Å². The molecule has 0 heteroatoms. The molecule has 0 amide bonds. The second-order valence-electron chi connectivity index (χ2n) is 10.0. The minimum atomic E-state index is 1.06. The van der Waals surface area contributed by atoms with Crippen molar-refractivity contribution in [3.8, 4) is 0 Å². The van der Waals surface area contributed by atoms with Crippen LogP contribution >= 0.6 is 0 Å². The Bertz CT molecular complexity index is 396. The van der Waals surface area contributed by atoms with Crippen molar-refractivity contribution in [2.24, 2.45) is 82.9 Å². The molecule has 6 aliphatic rings. The van der Waals surface area contributed by atoms with E-state index in [4.69, 9.17) is 0 Å². The van der Waals surface area contributed by atoms with Gasteiger partial charge < -0.3 is 0 Å². The highest BCUT2D eigenvalue weighted by molar-refractivity contribution is 5.23. The van der Waals surface area contributed by atoms with E-state index in [2.05, 4.69) is 27.7 Å². The summed E-state index contributed by atoms with van der Waals surface area (Å²) in [6.07, 6.45) is 3.32. The molecule has 6 saturated carbocycles. The average molecular weight is 270 g/mol. The zero-order chi connectivity index (χ0) is 13.5. The van der Waals surface area contributed by atoms with E-state index in [0.717, 1.165) is 23.7 Å². The highest BCUT2D eigenvalue weighted by atomic mass is 14.8. The predicted octanol–water partition coefficient (Wildman–Crippen LogP) is 4.55. The fraction of sp³-hybridized carbons (Fsp3) is 1.00. The van der Waals surface area contributed by atoms with Crippen LogP contribution in [0.4, 0.5) is 0 Å². The van der Waals surface area contributed by atoms with Crippen molar-refractivity contribution < 1.29 is 0 Å². The van der Waals surface area contributed by atoms with Crippen LogP contribution < -0.4 is 0 Å². The zero-order valence-electron chi connectivity index (χ0n) is 13.5. The van der Waals surface area contributed by atoms with Crippen molar-refractivity contribution >= 4 is 0 Å². The van der Waals surface area contributed by atoms with Crippen LogP contribution in [0.1, 0.15) is 40.5 Å². The van der Waals surface area contributed by atoms with Crippen molar-refractivity contribution in [2.75, 3.05) is 0 Å². The van der Waals surface area contributed by atoms with Crippen molar-refractivity contribution in [2.45, 2.75) is 40.5 Å². The maximum atomic E-state index is 2.57. The molecule has 0 saturated heterocycles. The maximum absolute atomic E-state index is 2.57. The van der Waals surface area contributed by atoms with E-state index in [9.17, 15) is 0 Å². The van der Waals surface area contributed by atoms with Gasteiger partial charge in [0.2, 0.25) is 0 Å². The van der Waals surface area contributed by atoms with E-state index < -0.39 is 0 Å². The minimum Gasteiger partial charge on any atom is -0.0620 e. The lowest BCUT2D eigenvalue weighted by Gasteiger charge is -2.62. The van der Waals surface area contributed by atoms with E-state index in [1.54, 1.807) is 12.8 Å². The van der Waals surface area contributed by atoms with Gasteiger partial charge in [0, 0.05) is 0 Å². The molecule has 0 N–H and O–H groups in total. The monoisotopic (exact) mass is 270 g/mol. The molecular weight excluding hydrogens is 240 g/mol. The molecule has 110 valence electrons. The number of fused-ring (bicyclic) bond motifs is 15. The number of hydrogen-bond donors (Lipinski definition) is 0. The third-order valence-corrected chi connectivity index (χ3v) is 10.5. The van der Waals surface area contributed by atoms with Gasteiger partial charge in [0.1, 0.15) is 0 Å². The fourth-order valence-electron chi connectivity index (χ4n) is 9.90. The van der Waals surface area contributed by atoms with E-state index >= 15 is 0 Å². The summed E-state index contributed by atoms with van der Waals surface area (Å²) >= 11 is 0. The number of hydrogen-bond acceptors (Lipinski definition) is 0.